The Morgan fingerprint density at radius 3 is 2.70 bits per heavy atom. The van der Waals surface area contributed by atoms with Crippen LogP contribution < -0.4 is 10.6 Å². The number of carbonyl (C=O) groups is 1. The normalized spacial score (nSPS) is 14.9. The molecule has 0 unspecified atom stereocenters. The second-order valence-electron chi connectivity index (χ2n) is 7.37. The zero-order valence-electron chi connectivity index (χ0n) is 16.4. The van der Waals surface area contributed by atoms with Crippen LogP contribution in [0.3, 0.4) is 0 Å². The molecule has 2 aromatic heterocycles. The van der Waals surface area contributed by atoms with Crippen LogP contribution in [0.1, 0.15) is 56.3 Å². The van der Waals surface area contributed by atoms with Gasteiger partial charge < -0.3 is 10.6 Å². The molecule has 1 aliphatic rings. The molecule has 2 aromatic rings. The van der Waals surface area contributed by atoms with Crippen LogP contribution >= 0.6 is 0 Å². The molecule has 3 rings (SSSR count). The topological polar surface area (TPSA) is 84.7 Å². The van der Waals surface area contributed by atoms with Crippen LogP contribution in [0.15, 0.2) is 18.7 Å². The Kier molecular flexibility index (Phi) is 6.79. The van der Waals surface area contributed by atoms with Gasteiger partial charge in [-0.15, -0.1) is 0 Å². The number of anilines is 1. The number of aromatic nitrogens is 4. The fourth-order valence-electron chi connectivity index (χ4n) is 3.60. The number of aryl methyl sites for hydroxylation is 1. The highest BCUT2D eigenvalue weighted by molar-refractivity contribution is 5.75. The van der Waals surface area contributed by atoms with E-state index in [1.165, 1.54) is 38.4 Å². The van der Waals surface area contributed by atoms with Crippen molar-refractivity contribution in [2.75, 3.05) is 18.4 Å². The fraction of sp³-hybridized carbons (Fsp3) is 0.600. The Morgan fingerprint density at radius 2 is 1.96 bits per heavy atom. The quantitative estimate of drug-likeness (QED) is 0.697. The number of hydrogen-bond acceptors (Lipinski definition) is 5. The van der Waals surface area contributed by atoms with Gasteiger partial charge in [-0.3, -0.25) is 9.36 Å². The molecule has 1 amide bonds. The number of hydrogen-bond donors (Lipinski definition) is 2. The zero-order valence-corrected chi connectivity index (χ0v) is 16.4. The number of carbonyl (C=O) groups excluding carboxylic acids is 1. The number of rotatable bonds is 8. The van der Waals surface area contributed by atoms with Gasteiger partial charge >= 0.3 is 0 Å². The van der Waals surface area contributed by atoms with Gasteiger partial charge in [0.1, 0.15) is 24.3 Å². The summed E-state index contributed by atoms with van der Waals surface area (Å²) in [4.78, 5) is 24.9. The van der Waals surface area contributed by atoms with Crippen LogP contribution in [-0.2, 0) is 4.79 Å². The smallest absolute Gasteiger partial charge is 0.220 e. The molecule has 146 valence electrons. The predicted octanol–water partition coefficient (Wildman–Crippen LogP) is 3.17. The molecule has 0 aliphatic heterocycles. The molecular formula is C20H30N6O. The highest BCUT2D eigenvalue weighted by Gasteiger charge is 2.14. The number of imidazole rings is 1. The van der Waals surface area contributed by atoms with Gasteiger partial charge in [0.05, 0.1) is 5.69 Å². The summed E-state index contributed by atoms with van der Waals surface area (Å²) in [5, 5.41) is 6.23. The van der Waals surface area contributed by atoms with E-state index in [1.807, 2.05) is 24.5 Å². The van der Waals surface area contributed by atoms with Crippen LogP contribution in [0.4, 0.5) is 5.82 Å². The van der Waals surface area contributed by atoms with E-state index in [0.717, 1.165) is 35.4 Å². The Labute approximate surface area is 161 Å². The molecule has 2 heterocycles. The van der Waals surface area contributed by atoms with Crippen molar-refractivity contribution in [2.24, 2.45) is 5.92 Å². The summed E-state index contributed by atoms with van der Waals surface area (Å²) in [5.74, 6) is 2.41. The standard InChI is InChI=1S/C20H30N6O/c1-15-16(2)26(14-25-15)19-12-18(23-13-24-19)21-10-11-22-20(27)9-8-17-6-4-3-5-7-17/h12-14,17H,3-11H2,1-2H3,(H,22,27)(H,21,23,24). The fourth-order valence-corrected chi connectivity index (χ4v) is 3.60. The summed E-state index contributed by atoms with van der Waals surface area (Å²) in [6, 6.07) is 1.89. The molecule has 2 N–H and O–H groups in total. The molecule has 7 nitrogen and oxygen atoms in total. The molecule has 1 saturated carbocycles. The van der Waals surface area contributed by atoms with Crippen molar-refractivity contribution in [1.82, 2.24) is 24.8 Å². The average Bonchev–Trinajstić information content (AvgIpc) is 3.03. The molecule has 0 radical (unpaired) electrons. The van der Waals surface area contributed by atoms with Crippen LogP contribution in [0.2, 0.25) is 0 Å². The van der Waals surface area contributed by atoms with E-state index in [0.29, 0.717) is 19.5 Å². The van der Waals surface area contributed by atoms with Crippen molar-refractivity contribution in [3.8, 4) is 5.82 Å². The van der Waals surface area contributed by atoms with Crippen LogP contribution in [0.25, 0.3) is 5.82 Å². The second kappa shape index (κ2) is 9.48. The van der Waals surface area contributed by atoms with Gasteiger partial charge in [-0.1, -0.05) is 32.1 Å². The molecule has 1 aliphatic carbocycles. The van der Waals surface area contributed by atoms with Crippen molar-refractivity contribution < 1.29 is 4.79 Å². The maximum absolute atomic E-state index is 12.0. The Hall–Kier alpha value is -2.44. The maximum Gasteiger partial charge on any atom is 0.220 e. The predicted molar refractivity (Wildman–Crippen MR) is 106 cm³/mol. The first kappa shape index (κ1) is 19.3. The molecule has 1 fully saturated rings. The lowest BCUT2D eigenvalue weighted by molar-refractivity contribution is -0.121. The summed E-state index contributed by atoms with van der Waals surface area (Å²) >= 11 is 0. The van der Waals surface area contributed by atoms with Crippen LogP contribution in [0.5, 0.6) is 0 Å². The van der Waals surface area contributed by atoms with E-state index in [9.17, 15) is 4.79 Å². The SMILES string of the molecule is Cc1ncn(-c2cc(NCCNC(=O)CCC3CCCCC3)ncn2)c1C. The van der Waals surface area contributed by atoms with Crippen molar-refractivity contribution in [1.29, 1.82) is 0 Å². The van der Waals surface area contributed by atoms with Crippen molar-refractivity contribution in [3.63, 3.8) is 0 Å². The van der Waals surface area contributed by atoms with Crippen LogP contribution in [0, 0.1) is 19.8 Å². The maximum atomic E-state index is 12.0. The lowest BCUT2D eigenvalue weighted by atomic mass is 9.86. The van der Waals surface area contributed by atoms with Crippen molar-refractivity contribution >= 4 is 11.7 Å². The summed E-state index contributed by atoms with van der Waals surface area (Å²) in [6.45, 7) is 5.21. The summed E-state index contributed by atoms with van der Waals surface area (Å²) in [5.41, 5.74) is 2.05. The minimum Gasteiger partial charge on any atom is -0.368 e. The van der Waals surface area contributed by atoms with Gasteiger partial charge in [-0.2, -0.15) is 0 Å². The first-order chi connectivity index (χ1) is 13.1. The lowest BCUT2D eigenvalue weighted by Gasteiger charge is -2.21. The number of amides is 1. The van der Waals surface area contributed by atoms with E-state index in [-0.39, 0.29) is 5.91 Å². The number of nitrogens with one attached hydrogen (secondary N) is 2. The van der Waals surface area contributed by atoms with Gasteiger partial charge in [0.15, 0.2) is 0 Å². The van der Waals surface area contributed by atoms with E-state index < -0.39 is 0 Å². The van der Waals surface area contributed by atoms with Crippen LogP contribution in [-0.4, -0.2) is 38.5 Å². The first-order valence-electron chi connectivity index (χ1n) is 9.97. The first-order valence-corrected chi connectivity index (χ1v) is 9.97. The highest BCUT2D eigenvalue weighted by Crippen LogP contribution is 2.27. The molecule has 0 bridgehead atoms. The Balaban J connectivity index is 1.39. The Morgan fingerprint density at radius 1 is 1.15 bits per heavy atom. The largest absolute Gasteiger partial charge is 0.368 e. The molecular weight excluding hydrogens is 340 g/mol. The third-order valence-electron chi connectivity index (χ3n) is 5.41. The lowest BCUT2D eigenvalue weighted by Crippen LogP contribution is -2.29. The van der Waals surface area contributed by atoms with Gasteiger partial charge in [0.2, 0.25) is 5.91 Å². The molecule has 7 heteroatoms. The Bertz CT molecular complexity index is 751. The summed E-state index contributed by atoms with van der Waals surface area (Å²) < 4.78 is 1.94. The van der Waals surface area contributed by atoms with E-state index in [2.05, 4.69) is 25.6 Å². The summed E-state index contributed by atoms with van der Waals surface area (Å²) in [6.07, 6.45) is 11.6. The third-order valence-corrected chi connectivity index (χ3v) is 5.41. The van der Waals surface area contributed by atoms with Crippen molar-refractivity contribution in [2.45, 2.75) is 58.8 Å². The summed E-state index contributed by atoms with van der Waals surface area (Å²) in [7, 11) is 0. The van der Waals surface area contributed by atoms with E-state index >= 15 is 0 Å². The minimum atomic E-state index is 0.148. The van der Waals surface area contributed by atoms with Gasteiger partial charge in [0, 0.05) is 31.3 Å². The van der Waals surface area contributed by atoms with E-state index in [4.69, 9.17) is 0 Å². The van der Waals surface area contributed by atoms with Crippen molar-refractivity contribution in [3.05, 3.63) is 30.1 Å². The minimum absolute atomic E-state index is 0.148. The highest BCUT2D eigenvalue weighted by atomic mass is 16.1. The molecule has 0 spiro atoms. The molecule has 0 saturated heterocycles. The van der Waals surface area contributed by atoms with Gasteiger partial charge in [-0.25, -0.2) is 15.0 Å². The molecule has 27 heavy (non-hydrogen) atoms. The zero-order chi connectivity index (χ0) is 19.1. The third kappa shape index (κ3) is 5.52. The van der Waals surface area contributed by atoms with E-state index in [1.54, 1.807) is 6.33 Å². The second-order valence-corrected chi connectivity index (χ2v) is 7.37. The van der Waals surface area contributed by atoms with Gasteiger partial charge in [-0.05, 0) is 26.2 Å². The monoisotopic (exact) mass is 370 g/mol. The number of nitrogens with zero attached hydrogens (tertiary/aromatic N) is 4. The van der Waals surface area contributed by atoms with Gasteiger partial charge in [0.25, 0.3) is 0 Å². The molecule has 0 atom stereocenters. The average molecular weight is 371 g/mol. The molecule has 0 aromatic carbocycles.